The number of nitrogens with zero attached hydrogens (tertiary/aromatic N) is 2. The lowest BCUT2D eigenvalue weighted by Gasteiger charge is -2.22. The lowest BCUT2D eigenvalue weighted by molar-refractivity contribution is 0.306. The van der Waals surface area contributed by atoms with E-state index in [1.165, 1.54) is 10.3 Å². The van der Waals surface area contributed by atoms with Crippen LogP contribution in [-0.2, 0) is 0 Å². The second-order valence-corrected chi connectivity index (χ2v) is 5.41. The molecule has 0 bridgehead atoms. The van der Waals surface area contributed by atoms with Gasteiger partial charge in [0.15, 0.2) is 0 Å². The summed E-state index contributed by atoms with van der Waals surface area (Å²) in [7, 11) is 4.10. The average Bonchev–Trinajstić information content (AvgIpc) is 2.57. The Hall–Kier alpha value is -0.970. The first kappa shape index (κ1) is 11.5. The normalized spacial score (nSPS) is 13.6. The molecule has 0 spiro atoms. The highest BCUT2D eigenvalue weighted by Gasteiger charge is 2.13. The third-order valence-electron chi connectivity index (χ3n) is 2.75. The van der Waals surface area contributed by atoms with Crippen molar-refractivity contribution >= 4 is 21.6 Å². The number of nitrogens with two attached hydrogens (primary N) is 1. The SMILES string of the molecule is Cc1nc2cc(C(CN)N(C)C)ccc2s1. The first-order valence-electron chi connectivity index (χ1n) is 5.35. The van der Waals surface area contributed by atoms with E-state index in [1.807, 2.05) is 21.0 Å². The van der Waals surface area contributed by atoms with Gasteiger partial charge in [0.1, 0.15) is 0 Å². The van der Waals surface area contributed by atoms with Crippen molar-refractivity contribution in [1.82, 2.24) is 9.88 Å². The molecule has 1 atom stereocenters. The Morgan fingerprint density at radius 1 is 1.44 bits per heavy atom. The minimum Gasteiger partial charge on any atom is -0.329 e. The van der Waals surface area contributed by atoms with Crippen LogP contribution < -0.4 is 5.73 Å². The minimum absolute atomic E-state index is 0.270. The highest BCUT2D eigenvalue weighted by atomic mass is 32.1. The number of hydrogen-bond donors (Lipinski definition) is 1. The molecule has 0 saturated heterocycles. The molecular formula is C12H17N3S. The van der Waals surface area contributed by atoms with Crippen LogP contribution in [0, 0.1) is 6.92 Å². The lowest BCUT2D eigenvalue weighted by Crippen LogP contribution is -2.27. The van der Waals surface area contributed by atoms with E-state index in [1.54, 1.807) is 11.3 Å². The Kier molecular flexibility index (Phi) is 3.23. The molecule has 2 aromatic rings. The molecule has 0 aliphatic rings. The van der Waals surface area contributed by atoms with Gasteiger partial charge in [-0.2, -0.15) is 0 Å². The van der Waals surface area contributed by atoms with Crippen LogP contribution in [0.1, 0.15) is 16.6 Å². The minimum atomic E-state index is 0.270. The first-order chi connectivity index (χ1) is 7.61. The lowest BCUT2D eigenvalue weighted by atomic mass is 10.1. The number of likely N-dealkylation sites (N-methyl/N-ethyl adjacent to an activating group) is 1. The van der Waals surface area contributed by atoms with Crippen LogP contribution in [0.3, 0.4) is 0 Å². The monoisotopic (exact) mass is 235 g/mol. The number of hydrogen-bond acceptors (Lipinski definition) is 4. The summed E-state index contributed by atoms with van der Waals surface area (Å²) in [6.45, 7) is 2.67. The van der Waals surface area contributed by atoms with Crippen LogP contribution in [0.4, 0.5) is 0 Å². The molecule has 0 radical (unpaired) electrons. The van der Waals surface area contributed by atoms with Crippen LogP contribution in [0.15, 0.2) is 18.2 Å². The van der Waals surface area contributed by atoms with Crippen LogP contribution in [-0.4, -0.2) is 30.5 Å². The molecule has 0 amide bonds. The smallest absolute Gasteiger partial charge is 0.0907 e. The van der Waals surface area contributed by atoms with E-state index in [0.29, 0.717) is 6.54 Å². The molecule has 1 aromatic carbocycles. The van der Waals surface area contributed by atoms with Gasteiger partial charge in [0, 0.05) is 12.6 Å². The summed E-state index contributed by atoms with van der Waals surface area (Å²) >= 11 is 1.73. The highest BCUT2D eigenvalue weighted by molar-refractivity contribution is 7.18. The van der Waals surface area contributed by atoms with Crippen molar-refractivity contribution < 1.29 is 0 Å². The number of aromatic nitrogens is 1. The topological polar surface area (TPSA) is 42.1 Å². The van der Waals surface area contributed by atoms with Gasteiger partial charge in [-0.1, -0.05) is 6.07 Å². The number of thiazole rings is 1. The second-order valence-electron chi connectivity index (χ2n) is 4.18. The van der Waals surface area contributed by atoms with Crippen molar-refractivity contribution in [3.63, 3.8) is 0 Å². The van der Waals surface area contributed by atoms with Gasteiger partial charge < -0.3 is 10.6 Å². The number of rotatable bonds is 3. The molecule has 16 heavy (non-hydrogen) atoms. The zero-order valence-corrected chi connectivity index (χ0v) is 10.7. The van der Waals surface area contributed by atoms with Crippen molar-refractivity contribution in [2.45, 2.75) is 13.0 Å². The van der Waals surface area contributed by atoms with Crippen LogP contribution >= 0.6 is 11.3 Å². The quantitative estimate of drug-likeness (QED) is 0.886. The number of aryl methyl sites for hydroxylation is 1. The van der Waals surface area contributed by atoms with Gasteiger partial charge in [-0.05, 0) is 38.7 Å². The van der Waals surface area contributed by atoms with Gasteiger partial charge >= 0.3 is 0 Å². The maximum Gasteiger partial charge on any atom is 0.0907 e. The van der Waals surface area contributed by atoms with Crippen LogP contribution in [0.5, 0.6) is 0 Å². The summed E-state index contributed by atoms with van der Waals surface area (Å²) in [6.07, 6.45) is 0. The predicted octanol–water partition coefficient (Wildman–Crippen LogP) is 2.17. The zero-order valence-electron chi connectivity index (χ0n) is 9.90. The molecule has 0 saturated carbocycles. The number of benzene rings is 1. The summed E-state index contributed by atoms with van der Waals surface area (Å²) < 4.78 is 1.25. The average molecular weight is 235 g/mol. The summed E-state index contributed by atoms with van der Waals surface area (Å²) in [5, 5.41) is 1.11. The Morgan fingerprint density at radius 2 is 2.19 bits per heavy atom. The molecule has 0 fully saturated rings. The van der Waals surface area contributed by atoms with Gasteiger partial charge in [0.05, 0.1) is 15.2 Å². The highest BCUT2D eigenvalue weighted by Crippen LogP contribution is 2.26. The van der Waals surface area contributed by atoms with E-state index in [2.05, 4.69) is 28.1 Å². The largest absolute Gasteiger partial charge is 0.329 e. The van der Waals surface area contributed by atoms with Crippen molar-refractivity contribution in [1.29, 1.82) is 0 Å². The Labute approximate surface area is 99.9 Å². The molecule has 1 aromatic heterocycles. The van der Waals surface area contributed by atoms with E-state index in [9.17, 15) is 0 Å². The van der Waals surface area contributed by atoms with E-state index >= 15 is 0 Å². The molecule has 0 aliphatic carbocycles. The standard InChI is InChI=1S/C12H17N3S/c1-8-14-10-6-9(4-5-12(10)16-8)11(7-13)15(2)3/h4-6,11H,7,13H2,1-3H3. The molecule has 1 heterocycles. The molecule has 2 N–H and O–H groups in total. The number of fused-ring (bicyclic) bond motifs is 1. The summed E-state index contributed by atoms with van der Waals surface area (Å²) in [6, 6.07) is 6.71. The van der Waals surface area contributed by atoms with Crippen molar-refractivity contribution in [3.8, 4) is 0 Å². The molecule has 3 nitrogen and oxygen atoms in total. The molecule has 86 valence electrons. The maximum atomic E-state index is 5.80. The molecule has 0 aliphatic heterocycles. The molecule has 2 rings (SSSR count). The predicted molar refractivity (Wildman–Crippen MR) is 69.8 cm³/mol. The van der Waals surface area contributed by atoms with E-state index in [-0.39, 0.29) is 6.04 Å². The zero-order chi connectivity index (χ0) is 11.7. The molecule has 1 unspecified atom stereocenters. The van der Waals surface area contributed by atoms with E-state index in [0.717, 1.165) is 10.5 Å². The van der Waals surface area contributed by atoms with Gasteiger partial charge in [-0.15, -0.1) is 11.3 Å². The fourth-order valence-corrected chi connectivity index (χ4v) is 2.72. The fraction of sp³-hybridized carbons (Fsp3) is 0.417. The second kappa shape index (κ2) is 4.49. The first-order valence-corrected chi connectivity index (χ1v) is 6.17. The fourth-order valence-electron chi connectivity index (χ4n) is 1.91. The van der Waals surface area contributed by atoms with Gasteiger partial charge in [-0.25, -0.2) is 4.98 Å². The van der Waals surface area contributed by atoms with E-state index < -0.39 is 0 Å². The Bertz CT molecular complexity index is 490. The summed E-state index contributed by atoms with van der Waals surface area (Å²) in [5.74, 6) is 0. The van der Waals surface area contributed by atoms with Gasteiger partial charge in [0.2, 0.25) is 0 Å². The molecular weight excluding hydrogens is 218 g/mol. The third-order valence-corrected chi connectivity index (χ3v) is 3.70. The Morgan fingerprint density at radius 3 is 2.81 bits per heavy atom. The maximum absolute atomic E-state index is 5.80. The summed E-state index contributed by atoms with van der Waals surface area (Å²) in [5.41, 5.74) is 8.12. The third kappa shape index (κ3) is 2.09. The van der Waals surface area contributed by atoms with Crippen molar-refractivity contribution in [2.24, 2.45) is 5.73 Å². The summed E-state index contributed by atoms with van der Waals surface area (Å²) in [4.78, 5) is 6.65. The van der Waals surface area contributed by atoms with Crippen LogP contribution in [0.2, 0.25) is 0 Å². The van der Waals surface area contributed by atoms with Gasteiger partial charge in [0.25, 0.3) is 0 Å². The van der Waals surface area contributed by atoms with Crippen molar-refractivity contribution in [3.05, 3.63) is 28.8 Å². The van der Waals surface area contributed by atoms with Gasteiger partial charge in [-0.3, -0.25) is 0 Å². The van der Waals surface area contributed by atoms with E-state index in [4.69, 9.17) is 5.73 Å². The molecule has 4 heteroatoms. The van der Waals surface area contributed by atoms with Crippen molar-refractivity contribution in [2.75, 3.05) is 20.6 Å². The Balaban J connectivity index is 2.44. The van der Waals surface area contributed by atoms with Crippen LogP contribution in [0.25, 0.3) is 10.2 Å².